The Morgan fingerprint density at radius 2 is 1.88 bits per heavy atom. The first-order valence-corrected chi connectivity index (χ1v) is 9.32. The number of hydrogen-bond acceptors (Lipinski definition) is 6. The van der Waals surface area contributed by atoms with Crippen molar-refractivity contribution in [3.05, 3.63) is 12.3 Å². The molecule has 2 unspecified atom stereocenters. The number of rotatable bonds is 3. The number of fused-ring (bicyclic) bond motifs is 3. The van der Waals surface area contributed by atoms with Crippen molar-refractivity contribution < 1.29 is 9.47 Å². The number of hydrogen-bond donors (Lipinski definition) is 1. The predicted molar refractivity (Wildman–Crippen MR) is 96.2 cm³/mol. The van der Waals surface area contributed by atoms with E-state index in [4.69, 9.17) is 14.5 Å². The van der Waals surface area contributed by atoms with Gasteiger partial charge in [-0.3, -0.25) is 5.10 Å². The summed E-state index contributed by atoms with van der Waals surface area (Å²) in [5.74, 6) is 1.06. The number of nitrogens with one attached hydrogen (secondary N) is 1. The summed E-state index contributed by atoms with van der Waals surface area (Å²) < 4.78 is 11.3. The topological polar surface area (TPSA) is 66.5 Å². The number of aromatic amines is 1. The van der Waals surface area contributed by atoms with Crippen molar-refractivity contribution in [3.8, 4) is 0 Å². The molecular weight excluding hydrogens is 318 g/mol. The van der Waals surface area contributed by atoms with Crippen molar-refractivity contribution in [2.45, 2.75) is 43.8 Å². The van der Waals surface area contributed by atoms with E-state index in [0.717, 1.165) is 56.1 Å². The van der Waals surface area contributed by atoms with E-state index >= 15 is 0 Å². The second kappa shape index (κ2) is 6.14. The number of aromatic nitrogens is 3. The molecule has 3 aliphatic heterocycles. The summed E-state index contributed by atoms with van der Waals surface area (Å²) in [4.78, 5) is 9.76. The maximum absolute atomic E-state index is 5.74. The third-order valence-corrected chi connectivity index (χ3v) is 6.01. The molecule has 1 N–H and O–H groups in total. The first-order valence-electron chi connectivity index (χ1n) is 9.32. The normalized spacial score (nSPS) is 27.2. The minimum absolute atomic E-state index is 0.452. The molecule has 0 radical (unpaired) electrons. The third kappa shape index (κ3) is 2.57. The summed E-state index contributed by atoms with van der Waals surface area (Å²) >= 11 is 0. The SMILES string of the molecule is CN(c1cc(N2C3CCC2COC3)nc2[nH]ncc12)C1CCOCC1. The Labute approximate surface area is 147 Å². The van der Waals surface area contributed by atoms with Gasteiger partial charge in [0.2, 0.25) is 0 Å². The second-order valence-electron chi connectivity index (χ2n) is 7.42. The molecule has 0 aromatic carbocycles. The molecule has 5 heterocycles. The molecule has 134 valence electrons. The molecular formula is C18H25N5O2. The van der Waals surface area contributed by atoms with Crippen molar-refractivity contribution in [2.75, 3.05) is 43.3 Å². The van der Waals surface area contributed by atoms with E-state index in [1.54, 1.807) is 0 Å². The summed E-state index contributed by atoms with van der Waals surface area (Å²) in [5.41, 5.74) is 2.09. The lowest BCUT2D eigenvalue weighted by Gasteiger charge is -2.37. The van der Waals surface area contributed by atoms with Crippen LogP contribution in [-0.4, -0.2) is 66.8 Å². The Bertz CT molecular complexity index is 741. The average Bonchev–Trinajstić information content (AvgIpc) is 3.22. The molecule has 2 aromatic heterocycles. The van der Waals surface area contributed by atoms with Crippen LogP contribution in [0.25, 0.3) is 11.0 Å². The Morgan fingerprint density at radius 1 is 1.12 bits per heavy atom. The van der Waals surface area contributed by atoms with Gasteiger partial charge in [-0.2, -0.15) is 5.10 Å². The highest BCUT2D eigenvalue weighted by Crippen LogP contribution is 2.37. The lowest BCUT2D eigenvalue weighted by atomic mass is 10.1. The van der Waals surface area contributed by atoms with Crippen LogP contribution in [-0.2, 0) is 9.47 Å². The van der Waals surface area contributed by atoms with Crippen LogP contribution in [0.4, 0.5) is 11.5 Å². The quantitative estimate of drug-likeness (QED) is 0.919. The molecule has 3 fully saturated rings. The van der Waals surface area contributed by atoms with Gasteiger partial charge in [-0.1, -0.05) is 0 Å². The monoisotopic (exact) mass is 343 g/mol. The summed E-state index contributed by atoms with van der Waals surface area (Å²) in [5, 5.41) is 8.42. The van der Waals surface area contributed by atoms with Gasteiger partial charge >= 0.3 is 0 Å². The van der Waals surface area contributed by atoms with Crippen molar-refractivity contribution in [1.82, 2.24) is 15.2 Å². The zero-order chi connectivity index (χ0) is 16.8. The second-order valence-corrected chi connectivity index (χ2v) is 7.42. The zero-order valence-electron chi connectivity index (χ0n) is 14.6. The molecule has 0 saturated carbocycles. The Morgan fingerprint density at radius 3 is 2.64 bits per heavy atom. The van der Waals surface area contributed by atoms with Gasteiger partial charge in [-0.05, 0) is 25.7 Å². The number of morpholine rings is 1. The van der Waals surface area contributed by atoms with Crippen LogP contribution >= 0.6 is 0 Å². The molecule has 0 aliphatic carbocycles. The Hall–Kier alpha value is -1.86. The highest BCUT2D eigenvalue weighted by atomic mass is 16.5. The van der Waals surface area contributed by atoms with Crippen LogP contribution in [0.15, 0.2) is 12.3 Å². The molecule has 2 bridgehead atoms. The molecule has 0 amide bonds. The summed E-state index contributed by atoms with van der Waals surface area (Å²) in [7, 11) is 2.19. The largest absolute Gasteiger partial charge is 0.381 e. The number of H-pyrrole nitrogens is 1. The number of pyridine rings is 1. The molecule has 3 aliphatic rings. The van der Waals surface area contributed by atoms with Crippen LogP contribution in [0.5, 0.6) is 0 Å². The molecule has 7 heteroatoms. The van der Waals surface area contributed by atoms with Crippen LogP contribution < -0.4 is 9.80 Å². The zero-order valence-corrected chi connectivity index (χ0v) is 14.6. The first kappa shape index (κ1) is 15.4. The van der Waals surface area contributed by atoms with E-state index in [1.165, 1.54) is 18.5 Å². The van der Waals surface area contributed by atoms with Gasteiger partial charge in [0, 0.05) is 32.4 Å². The number of nitrogens with zero attached hydrogens (tertiary/aromatic N) is 4. The lowest BCUT2D eigenvalue weighted by molar-refractivity contribution is 0.0855. The highest BCUT2D eigenvalue weighted by Gasteiger charge is 2.38. The van der Waals surface area contributed by atoms with E-state index in [1.807, 2.05) is 6.20 Å². The first-order chi connectivity index (χ1) is 12.3. The fraction of sp³-hybridized carbons (Fsp3) is 0.667. The Balaban J connectivity index is 1.55. The lowest BCUT2D eigenvalue weighted by Crippen LogP contribution is -2.46. The minimum Gasteiger partial charge on any atom is -0.381 e. The van der Waals surface area contributed by atoms with E-state index in [-0.39, 0.29) is 0 Å². The van der Waals surface area contributed by atoms with Gasteiger partial charge in [-0.25, -0.2) is 4.98 Å². The van der Waals surface area contributed by atoms with E-state index in [0.29, 0.717) is 18.1 Å². The number of anilines is 2. The van der Waals surface area contributed by atoms with Crippen LogP contribution in [0.1, 0.15) is 25.7 Å². The van der Waals surface area contributed by atoms with Crippen molar-refractivity contribution in [2.24, 2.45) is 0 Å². The standard InChI is InChI=1S/C18H25N5O2/c1-22(12-4-6-24-7-5-12)16-8-17(20-18-15(16)9-19-21-18)23-13-2-3-14(23)11-25-10-13/h8-9,12-14H,2-7,10-11H2,1H3,(H,19,20,21). The van der Waals surface area contributed by atoms with E-state index in [9.17, 15) is 0 Å². The smallest absolute Gasteiger partial charge is 0.159 e. The van der Waals surface area contributed by atoms with Gasteiger partial charge in [0.15, 0.2) is 5.65 Å². The van der Waals surface area contributed by atoms with Crippen molar-refractivity contribution in [3.63, 3.8) is 0 Å². The highest BCUT2D eigenvalue weighted by molar-refractivity contribution is 5.91. The molecule has 2 aromatic rings. The molecule has 3 saturated heterocycles. The van der Waals surface area contributed by atoms with Gasteiger partial charge in [0.25, 0.3) is 0 Å². The van der Waals surface area contributed by atoms with Crippen LogP contribution in [0, 0.1) is 0 Å². The van der Waals surface area contributed by atoms with Crippen LogP contribution in [0.3, 0.4) is 0 Å². The van der Waals surface area contributed by atoms with Gasteiger partial charge < -0.3 is 19.3 Å². The van der Waals surface area contributed by atoms with Gasteiger partial charge in [0.1, 0.15) is 5.82 Å². The molecule has 5 rings (SSSR count). The van der Waals surface area contributed by atoms with Gasteiger partial charge in [-0.15, -0.1) is 0 Å². The van der Waals surface area contributed by atoms with Crippen molar-refractivity contribution in [1.29, 1.82) is 0 Å². The van der Waals surface area contributed by atoms with E-state index in [2.05, 4.69) is 33.1 Å². The number of ether oxygens (including phenoxy) is 2. The Kier molecular flexibility index (Phi) is 3.78. The summed E-state index contributed by atoms with van der Waals surface area (Å²) in [6.07, 6.45) is 6.41. The third-order valence-electron chi connectivity index (χ3n) is 6.01. The maximum atomic E-state index is 5.74. The molecule has 0 spiro atoms. The molecule has 7 nitrogen and oxygen atoms in total. The molecule has 25 heavy (non-hydrogen) atoms. The van der Waals surface area contributed by atoms with Crippen LogP contribution in [0.2, 0.25) is 0 Å². The minimum atomic E-state index is 0.452. The molecule has 2 atom stereocenters. The average molecular weight is 343 g/mol. The fourth-order valence-corrected chi connectivity index (χ4v) is 4.59. The fourth-order valence-electron chi connectivity index (χ4n) is 4.59. The summed E-state index contributed by atoms with van der Waals surface area (Å²) in [6.45, 7) is 3.30. The predicted octanol–water partition coefficient (Wildman–Crippen LogP) is 1.94. The maximum Gasteiger partial charge on any atom is 0.159 e. The van der Waals surface area contributed by atoms with Crippen molar-refractivity contribution >= 4 is 22.5 Å². The summed E-state index contributed by atoms with van der Waals surface area (Å²) in [6, 6.07) is 3.66. The van der Waals surface area contributed by atoms with E-state index < -0.39 is 0 Å². The van der Waals surface area contributed by atoms with Gasteiger partial charge in [0.05, 0.1) is 42.6 Å².